The molecule has 170 valence electrons. The molecular weight excluding hydrogens is 434 g/mol. The Morgan fingerprint density at radius 2 is 1.85 bits per heavy atom. The van der Waals surface area contributed by atoms with Crippen LogP contribution in [0, 0.1) is 0 Å². The molecule has 0 atom stereocenters. The first-order valence-corrected chi connectivity index (χ1v) is 12.4. The number of nitrogens with one attached hydrogen (secondary N) is 1. The Kier molecular flexibility index (Phi) is 6.35. The van der Waals surface area contributed by atoms with Crippen LogP contribution in [0.1, 0.15) is 26.2 Å². The smallest absolute Gasteiger partial charge is 0.233 e. The van der Waals surface area contributed by atoms with Crippen molar-refractivity contribution >= 4 is 28.6 Å². The van der Waals surface area contributed by atoms with Crippen LogP contribution in [0.4, 0.5) is 0 Å². The molecule has 1 aliphatic rings. The highest BCUT2D eigenvalue weighted by molar-refractivity contribution is 7.99. The maximum atomic E-state index is 12.8. The fourth-order valence-corrected chi connectivity index (χ4v) is 5.10. The lowest BCUT2D eigenvalue weighted by molar-refractivity contribution is -0.129. The van der Waals surface area contributed by atoms with E-state index in [1.54, 1.807) is 0 Å². The number of likely N-dealkylation sites (tertiary alicyclic amines) is 1. The Bertz CT molecular complexity index is 1240. The number of nitrogens with zero attached hydrogens (tertiary/aromatic N) is 4. The van der Waals surface area contributed by atoms with E-state index in [1.165, 1.54) is 18.2 Å². The lowest BCUT2D eigenvalue weighted by Crippen LogP contribution is -2.36. The zero-order chi connectivity index (χ0) is 22.6. The summed E-state index contributed by atoms with van der Waals surface area (Å²) in [5.41, 5.74) is 2.95. The Labute approximate surface area is 197 Å². The second-order valence-corrected chi connectivity index (χ2v) is 8.99. The first-order chi connectivity index (χ1) is 16.2. The molecule has 0 spiro atoms. The van der Waals surface area contributed by atoms with Gasteiger partial charge in [-0.15, -0.1) is 10.2 Å². The number of carbonyl (C=O) groups is 1. The maximum Gasteiger partial charge on any atom is 0.233 e. The third kappa shape index (κ3) is 4.48. The highest BCUT2D eigenvalue weighted by atomic mass is 32.2. The van der Waals surface area contributed by atoms with Gasteiger partial charge < -0.3 is 14.6 Å². The number of carbonyl (C=O) groups excluding carboxylic acids is 1. The van der Waals surface area contributed by atoms with E-state index in [0.29, 0.717) is 17.5 Å². The van der Waals surface area contributed by atoms with Crippen LogP contribution in [0.3, 0.4) is 0 Å². The topological polar surface area (TPSA) is 76.0 Å². The van der Waals surface area contributed by atoms with Crippen molar-refractivity contribution in [1.82, 2.24) is 24.6 Å². The number of benzene rings is 2. The standard InChI is InChI=1S/C25H27N5O2S/c1-2-32-19-12-10-18(11-13-19)30-24(21-16-26-22-9-5-4-8-20(21)22)27-28-25(30)33-17-23(31)29-14-6-3-7-15-29/h4-5,8-13,16,26H,2-3,6-7,14-15,17H2,1H3. The molecule has 33 heavy (non-hydrogen) atoms. The predicted octanol–water partition coefficient (Wildman–Crippen LogP) is 4.92. The highest BCUT2D eigenvalue weighted by Crippen LogP contribution is 2.33. The van der Waals surface area contributed by atoms with Crippen molar-refractivity contribution in [2.45, 2.75) is 31.3 Å². The van der Waals surface area contributed by atoms with E-state index in [0.717, 1.165) is 59.7 Å². The molecule has 0 radical (unpaired) electrons. The number of aromatic nitrogens is 4. The van der Waals surface area contributed by atoms with Gasteiger partial charge >= 0.3 is 0 Å². The molecule has 7 nitrogen and oxygen atoms in total. The van der Waals surface area contributed by atoms with Crippen molar-refractivity contribution in [3.05, 3.63) is 54.7 Å². The van der Waals surface area contributed by atoms with Gasteiger partial charge in [0.05, 0.1) is 12.4 Å². The number of fused-ring (bicyclic) bond motifs is 1. The van der Waals surface area contributed by atoms with E-state index >= 15 is 0 Å². The molecule has 5 rings (SSSR count). The normalized spacial score (nSPS) is 14.0. The third-order valence-corrected chi connectivity index (χ3v) is 6.82. The summed E-state index contributed by atoms with van der Waals surface area (Å²) in [6, 6.07) is 16.1. The van der Waals surface area contributed by atoms with Crippen molar-refractivity contribution in [3.8, 4) is 22.8 Å². The van der Waals surface area contributed by atoms with Gasteiger partial charge in [0.1, 0.15) is 5.75 Å². The molecule has 0 bridgehead atoms. The van der Waals surface area contributed by atoms with Gasteiger partial charge in [0.25, 0.3) is 0 Å². The number of aromatic amines is 1. The fourth-order valence-electron chi connectivity index (χ4n) is 4.25. The minimum absolute atomic E-state index is 0.162. The number of H-pyrrole nitrogens is 1. The second-order valence-electron chi connectivity index (χ2n) is 8.05. The molecule has 0 unspecified atom stereocenters. The minimum Gasteiger partial charge on any atom is -0.494 e. The summed E-state index contributed by atoms with van der Waals surface area (Å²) in [5.74, 6) is 2.07. The average Bonchev–Trinajstić information content (AvgIpc) is 3.48. The van der Waals surface area contributed by atoms with Crippen LogP contribution in [0.15, 0.2) is 59.9 Å². The summed E-state index contributed by atoms with van der Waals surface area (Å²) in [5, 5.41) is 10.8. The average molecular weight is 462 g/mol. The van der Waals surface area contributed by atoms with E-state index in [-0.39, 0.29) is 5.91 Å². The maximum absolute atomic E-state index is 12.8. The van der Waals surface area contributed by atoms with Crippen LogP contribution in [-0.4, -0.2) is 56.0 Å². The van der Waals surface area contributed by atoms with Crippen molar-refractivity contribution in [1.29, 1.82) is 0 Å². The van der Waals surface area contributed by atoms with Crippen molar-refractivity contribution in [3.63, 3.8) is 0 Å². The largest absolute Gasteiger partial charge is 0.494 e. The molecule has 0 saturated carbocycles. The van der Waals surface area contributed by atoms with Gasteiger partial charge in [-0.25, -0.2) is 0 Å². The van der Waals surface area contributed by atoms with Gasteiger partial charge in [-0.05, 0) is 56.5 Å². The number of amides is 1. The van der Waals surface area contributed by atoms with E-state index < -0.39 is 0 Å². The van der Waals surface area contributed by atoms with E-state index in [2.05, 4.69) is 21.2 Å². The number of para-hydroxylation sites is 1. The molecule has 0 aliphatic carbocycles. The van der Waals surface area contributed by atoms with E-state index in [4.69, 9.17) is 4.74 Å². The zero-order valence-electron chi connectivity index (χ0n) is 18.7. The van der Waals surface area contributed by atoms with Crippen molar-refractivity contribution < 1.29 is 9.53 Å². The van der Waals surface area contributed by atoms with Gasteiger partial charge in [-0.3, -0.25) is 9.36 Å². The van der Waals surface area contributed by atoms with Crippen LogP contribution in [0.5, 0.6) is 5.75 Å². The van der Waals surface area contributed by atoms with E-state index in [1.807, 2.05) is 65.1 Å². The molecule has 1 N–H and O–H groups in total. The molecule has 3 heterocycles. The third-order valence-electron chi connectivity index (χ3n) is 5.90. The van der Waals surface area contributed by atoms with Gasteiger partial charge in [0, 0.05) is 41.4 Å². The van der Waals surface area contributed by atoms with Gasteiger partial charge in [0.15, 0.2) is 11.0 Å². The molecule has 1 saturated heterocycles. The molecule has 2 aromatic carbocycles. The van der Waals surface area contributed by atoms with Crippen molar-refractivity contribution in [2.24, 2.45) is 0 Å². The first-order valence-electron chi connectivity index (χ1n) is 11.4. The summed E-state index contributed by atoms with van der Waals surface area (Å²) in [4.78, 5) is 18.1. The molecular formula is C25H27N5O2S. The van der Waals surface area contributed by atoms with Crippen LogP contribution in [0.2, 0.25) is 0 Å². The lowest BCUT2D eigenvalue weighted by atomic mass is 10.1. The second kappa shape index (κ2) is 9.70. The van der Waals surface area contributed by atoms with Crippen LogP contribution in [0.25, 0.3) is 28.0 Å². The summed E-state index contributed by atoms with van der Waals surface area (Å²) in [6.45, 7) is 4.29. The number of ether oxygens (including phenoxy) is 1. The van der Waals surface area contributed by atoms with Gasteiger partial charge in [-0.2, -0.15) is 0 Å². The van der Waals surface area contributed by atoms with Crippen LogP contribution in [-0.2, 0) is 4.79 Å². The monoisotopic (exact) mass is 461 g/mol. The predicted molar refractivity (Wildman–Crippen MR) is 131 cm³/mol. The number of rotatable bonds is 7. The van der Waals surface area contributed by atoms with E-state index in [9.17, 15) is 4.79 Å². The fraction of sp³-hybridized carbons (Fsp3) is 0.320. The van der Waals surface area contributed by atoms with Crippen LogP contribution >= 0.6 is 11.8 Å². The molecule has 1 amide bonds. The molecule has 4 aromatic rings. The van der Waals surface area contributed by atoms with Gasteiger partial charge in [0.2, 0.25) is 5.91 Å². The Morgan fingerprint density at radius 3 is 2.64 bits per heavy atom. The number of thioether (sulfide) groups is 1. The molecule has 1 fully saturated rings. The van der Waals surface area contributed by atoms with Crippen LogP contribution < -0.4 is 4.74 Å². The molecule has 1 aliphatic heterocycles. The minimum atomic E-state index is 0.162. The quantitative estimate of drug-likeness (QED) is 0.396. The SMILES string of the molecule is CCOc1ccc(-n2c(SCC(=O)N3CCCCC3)nnc2-c2c[nH]c3ccccc23)cc1. The lowest BCUT2D eigenvalue weighted by Gasteiger charge is -2.26. The summed E-state index contributed by atoms with van der Waals surface area (Å²) >= 11 is 1.44. The van der Waals surface area contributed by atoms with Gasteiger partial charge in [-0.1, -0.05) is 30.0 Å². The summed E-state index contributed by atoms with van der Waals surface area (Å²) in [7, 11) is 0. The number of piperidine rings is 1. The molecule has 2 aromatic heterocycles. The Hall–Kier alpha value is -3.26. The molecule has 8 heteroatoms. The summed E-state index contributed by atoms with van der Waals surface area (Å²) in [6.07, 6.45) is 5.34. The number of hydrogen-bond donors (Lipinski definition) is 1. The first kappa shape index (κ1) is 21.6. The zero-order valence-corrected chi connectivity index (χ0v) is 19.5. The summed E-state index contributed by atoms with van der Waals surface area (Å²) < 4.78 is 7.64. The number of hydrogen-bond acceptors (Lipinski definition) is 5. The highest BCUT2D eigenvalue weighted by Gasteiger charge is 2.22. The van der Waals surface area contributed by atoms with Crippen molar-refractivity contribution in [2.75, 3.05) is 25.4 Å². The Morgan fingerprint density at radius 1 is 1.06 bits per heavy atom. The Balaban J connectivity index is 1.50.